The van der Waals surface area contributed by atoms with Gasteiger partial charge in [-0.25, -0.2) is 4.79 Å². The average molecular weight is 509 g/mol. The molecule has 3 aromatic rings. The summed E-state index contributed by atoms with van der Waals surface area (Å²) in [6, 6.07) is 2.63. The van der Waals surface area contributed by atoms with Crippen molar-refractivity contribution in [1.29, 1.82) is 0 Å². The Kier molecular flexibility index (Phi) is 7.72. The van der Waals surface area contributed by atoms with Crippen LogP contribution in [0.15, 0.2) is 26.0 Å². The number of rotatable bonds is 8. The van der Waals surface area contributed by atoms with Gasteiger partial charge in [0.1, 0.15) is 11.2 Å². The van der Waals surface area contributed by atoms with Gasteiger partial charge in [-0.2, -0.15) is 0 Å². The van der Waals surface area contributed by atoms with E-state index in [4.69, 9.17) is 13.6 Å². The van der Waals surface area contributed by atoms with Crippen molar-refractivity contribution in [3.63, 3.8) is 0 Å². The first-order chi connectivity index (χ1) is 17.9. The quantitative estimate of drug-likeness (QED) is 0.393. The van der Waals surface area contributed by atoms with Crippen molar-refractivity contribution in [3.05, 3.63) is 45.0 Å². The third-order valence-corrected chi connectivity index (χ3v) is 8.73. The highest BCUT2D eigenvalue weighted by Gasteiger charge is 2.34. The number of methoxy groups -OCH3 is 1. The predicted molar refractivity (Wildman–Crippen MR) is 145 cm³/mol. The lowest BCUT2D eigenvalue weighted by Gasteiger charge is -2.45. The maximum Gasteiger partial charge on any atom is 0.339 e. The first-order valence-electron chi connectivity index (χ1n) is 13.8. The standard InChI is InChI=1S/C30H40N2O5/c1-19-18-36-28-21(3)29-25(16-24(19)28)20(2)23(30(34)37-29)10-11-27(33)32(14-15-35-4)17-22-8-7-13-31-12-6-5-9-26(22)31/h16,18,22,26H,5-15,17H2,1-4H3/t22-,26+/m0/s1. The van der Waals surface area contributed by atoms with Gasteiger partial charge in [0.2, 0.25) is 5.91 Å². The number of carbonyl (C=O) groups is 1. The number of ether oxygens (including phenoxy) is 1. The predicted octanol–water partition coefficient (Wildman–Crippen LogP) is 5.14. The van der Waals surface area contributed by atoms with Gasteiger partial charge in [0.25, 0.3) is 0 Å². The number of hydrogen-bond donors (Lipinski definition) is 0. The highest BCUT2D eigenvalue weighted by molar-refractivity contribution is 5.99. The van der Waals surface area contributed by atoms with Crippen LogP contribution < -0.4 is 5.63 Å². The highest BCUT2D eigenvalue weighted by atomic mass is 16.5. The Hall–Kier alpha value is -2.64. The molecule has 2 saturated heterocycles. The second-order valence-electron chi connectivity index (χ2n) is 11.0. The van der Waals surface area contributed by atoms with Crippen molar-refractivity contribution < 1.29 is 18.4 Å². The molecule has 200 valence electrons. The summed E-state index contributed by atoms with van der Waals surface area (Å²) in [6.07, 6.45) is 8.57. The van der Waals surface area contributed by atoms with E-state index < -0.39 is 0 Å². The van der Waals surface area contributed by atoms with Crippen molar-refractivity contribution in [2.24, 2.45) is 5.92 Å². The number of amides is 1. The molecule has 2 aliphatic rings. The van der Waals surface area contributed by atoms with E-state index in [2.05, 4.69) is 4.90 Å². The number of hydrogen-bond acceptors (Lipinski definition) is 6. The molecular weight excluding hydrogens is 468 g/mol. The molecule has 2 aliphatic heterocycles. The lowest BCUT2D eigenvalue weighted by molar-refractivity contribution is -0.133. The van der Waals surface area contributed by atoms with Gasteiger partial charge in [-0.15, -0.1) is 0 Å². The van der Waals surface area contributed by atoms with Gasteiger partial charge < -0.3 is 23.4 Å². The van der Waals surface area contributed by atoms with E-state index >= 15 is 0 Å². The van der Waals surface area contributed by atoms with Crippen LogP contribution in [0.4, 0.5) is 0 Å². The number of benzene rings is 1. The largest absolute Gasteiger partial charge is 0.464 e. The minimum absolute atomic E-state index is 0.0844. The molecule has 0 spiro atoms. The van der Waals surface area contributed by atoms with Crippen LogP contribution in [0.2, 0.25) is 0 Å². The molecule has 0 saturated carbocycles. The molecule has 2 fully saturated rings. The highest BCUT2D eigenvalue weighted by Crippen LogP contribution is 2.33. The first kappa shape index (κ1) is 26.0. The SMILES string of the molecule is COCCN(C[C@@H]1CCCN2CCCC[C@H]12)C(=O)CCc1c(C)c2cc3c(C)coc3c(C)c2oc1=O. The molecule has 37 heavy (non-hydrogen) atoms. The van der Waals surface area contributed by atoms with Crippen LogP contribution in [0, 0.1) is 26.7 Å². The minimum Gasteiger partial charge on any atom is -0.464 e. The van der Waals surface area contributed by atoms with Crippen molar-refractivity contribution >= 4 is 27.8 Å². The van der Waals surface area contributed by atoms with Gasteiger partial charge in [-0.1, -0.05) is 6.42 Å². The molecule has 0 unspecified atom stereocenters. The van der Waals surface area contributed by atoms with Crippen LogP contribution in [0.25, 0.3) is 21.9 Å². The summed E-state index contributed by atoms with van der Waals surface area (Å²) in [5.74, 6) is 0.590. The Morgan fingerprint density at radius 2 is 1.89 bits per heavy atom. The second-order valence-corrected chi connectivity index (χ2v) is 11.0. The fourth-order valence-electron chi connectivity index (χ4n) is 6.59. The lowest BCUT2D eigenvalue weighted by atomic mass is 9.83. The normalized spacial score (nSPS) is 20.4. The van der Waals surface area contributed by atoms with E-state index in [-0.39, 0.29) is 18.0 Å². The van der Waals surface area contributed by atoms with Crippen LogP contribution in [0.3, 0.4) is 0 Å². The number of nitrogens with zero attached hydrogens (tertiary/aromatic N) is 2. The van der Waals surface area contributed by atoms with Crippen LogP contribution >= 0.6 is 0 Å². The summed E-state index contributed by atoms with van der Waals surface area (Å²) >= 11 is 0. The zero-order chi connectivity index (χ0) is 26.1. The molecule has 7 heteroatoms. The van der Waals surface area contributed by atoms with E-state index in [1.807, 2.05) is 31.7 Å². The first-order valence-corrected chi connectivity index (χ1v) is 13.8. The van der Waals surface area contributed by atoms with Gasteiger partial charge in [0.05, 0.1) is 12.9 Å². The molecule has 0 bridgehead atoms. The molecule has 0 radical (unpaired) electrons. The molecule has 0 aliphatic carbocycles. The maximum absolute atomic E-state index is 13.5. The Labute approximate surface area is 218 Å². The Bertz CT molecular complexity index is 1340. The smallest absolute Gasteiger partial charge is 0.339 e. The van der Waals surface area contributed by atoms with E-state index in [9.17, 15) is 9.59 Å². The van der Waals surface area contributed by atoms with Gasteiger partial charge in [-0.3, -0.25) is 4.79 Å². The second kappa shape index (κ2) is 11.0. The lowest BCUT2D eigenvalue weighted by Crippen LogP contribution is -2.52. The van der Waals surface area contributed by atoms with Gasteiger partial charge in [-0.05, 0) is 89.1 Å². The van der Waals surface area contributed by atoms with Crippen molar-refractivity contribution in [3.8, 4) is 0 Å². The number of aryl methyl sites for hydroxylation is 3. The number of furan rings is 1. The van der Waals surface area contributed by atoms with Crippen LogP contribution in [-0.2, 0) is 16.0 Å². The Morgan fingerprint density at radius 1 is 1.08 bits per heavy atom. The van der Waals surface area contributed by atoms with Crippen LogP contribution in [-0.4, -0.2) is 61.6 Å². The summed E-state index contributed by atoms with van der Waals surface area (Å²) in [4.78, 5) is 31.1. The van der Waals surface area contributed by atoms with Crippen LogP contribution in [0.1, 0.15) is 60.8 Å². The Balaban J connectivity index is 1.35. The molecule has 0 N–H and O–H groups in total. The van der Waals surface area contributed by atoms with E-state index in [1.165, 1.54) is 45.2 Å². The molecule has 2 atom stereocenters. The maximum atomic E-state index is 13.5. The summed E-state index contributed by atoms with van der Waals surface area (Å²) in [5, 5.41) is 1.94. The third-order valence-electron chi connectivity index (χ3n) is 8.73. The van der Waals surface area contributed by atoms with E-state index in [0.29, 0.717) is 42.7 Å². The van der Waals surface area contributed by atoms with Crippen molar-refractivity contribution in [2.75, 3.05) is 39.9 Å². The Morgan fingerprint density at radius 3 is 2.70 bits per heavy atom. The zero-order valence-corrected chi connectivity index (χ0v) is 22.7. The average Bonchev–Trinajstić information content (AvgIpc) is 3.27. The zero-order valence-electron chi connectivity index (χ0n) is 22.7. The summed E-state index contributed by atoms with van der Waals surface area (Å²) in [6.45, 7) is 10.1. The van der Waals surface area contributed by atoms with Gasteiger partial charge in [0.15, 0.2) is 0 Å². The number of carbonyl (C=O) groups excluding carboxylic acids is 1. The van der Waals surface area contributed by atoms with Crippen molar-refractivity contribution in [1.82, 2.24) is 9.80 Å². The third kappa shape index (κ3) is 5.08. The molecule has 4 heterocycles. The van der Waals surface area contributed by atoms with Crippen molar-refractivity contribution in [2.45, 2.75) is 71.8 Å². The molecule has 7 nitrogen and oxygen atoms in total. The van der Waals surface area contributed by atoms with Gasteiger partial charge in [0, 0.05) is 54.6 Å². The summed E-state index contributed by atoms with van der Waals surface area (Å²) in [7, 11) is 1.68. The van der Waals surface area contributed by atoms with E-state index in [1.54, 1.807) is 13.4 Å². The van der Waals surface area contributed by atoms with Crippen LogP contribution in [0.5, 0.6) is 0 Å². The van der Waals surface area contributed by atoms with E-state index in [0.717, 1.165) is 39.6 Å². The topological polar surface area (TPSA) is 76.1 Å². The van der Waals surface area contributed by atoms with Gasteiger partial charge >= 0.3 is 5.63 Å². The fourth-order valence-corrected chi connectivity index (χ4v) is 6.59. The minimum atomic E-state index is -0.364. The molecule has 1 amide bonds. The number of piperidine rings is 2. The summed E-state index contributed by atoms with van der Waals surface area (Å²) in [5.41, 5.74) is 4.31. The monoisotopic (exact) mass is 508 g/mol. The summed E-state index contributed by atoms with van der Waals surface area (Å²) < 4.78 is 16.8. The molecular formula is C30H40N2O5. The fraction of sp³-hybridized carbons (Fsp3) is 0.600. The molecule has 2 aromatic heterocycles. The molecule has 1 aromatic carbocycles. The molecule has 5 rings (SSSR count). The number of fused-ring (bicyclic) bond motifs is 3.